The van der Waals surface area contributed by atoms with Gasteiger partial charge in [-0.05, 0) is 45.4 Å². The van der Waals surface area contributed by atoms with Crippen LogP contribution in [0.5, 0.6) is 0 Å². The standard InChI is InChI=1S/C21H23FN4O3S/c1-6-29-20(28)16-11(2)17(23-12(16)3)18(27)13(4)30-21-25-24-19(26(21)5)14-9-7-8-10-15(14)22/h7-10,13,23H,6H2,1-5H3. The van der Waals surface area contributed by atoms with E-state index in [2.05, 4.69) is 15.2 Å². The lowest BCUT2D eigenvalue weighted by Crippen LogP contribution is -2.16. The van der Waals surface area contributed by atoms with Gasteiger partial charge in [0.2, 0.25) is 0 Å². The van der Waals surface area contributed by atoms with Gasteiger partial charge in [-0.2, -0.15) is 0 Å². The van der Waals surface area contributed by atoms with Gasteiger partial charge in [-0.1, -0.05) is 23.9 Å². The van der Waals surface area contributed by atoms with E-state index < -0.39 is 17.0 Å². The number of hydrogen-bond donors (Lipinski definition) is 1. The minimum Gasteiger partial charge on any atom is -0.462 e. The highest BCUT2D eigenvalue weighted by molar-refractivity contribution is 8.00. The fraction of sp³-hybridized carbons (Fsp3) is 0.333. The van der Waals surface area contributed by atoms with Crippen molar-refractivity contribution in [2.24, 2.45) is 7.05 Å². The molecule has 0 saturated carbocycles. The lowest BCUT2D eigenvalue weighted by atomic mass is 10.1. The Morgan fingerprint density at radius 3 is 2.63 bits per heavy atom. The van der Waals surface area contributed by atoms with Crippen LogP contribution in [0.4, 0.5) is 4.39 Å². The summed E-state index contributed by atoms with van der Waals surface area (Å²) in [7, 11) is 1.73. The Morgan fingerprint density at radius 2 is 1.97 bits per heavy atom. The second kappa shape index (κ2) is 8.83. The Balaban J connectivity index is 1.83. The highest BCUT2D eigenvalue weighted by atomic mass is 32.2. The molecule has 9 heteroatoms. The first-order valence-electron chi connectivity index (χ1n) is 9.47. The van der Waals surface area contributed by atoms with Crippen LogP contribution in [-0.2, 0) is 11.8 Å². The Labute approximate surface area is 178 Å². The van der Waals surface area contributed by atoms with Gasteiger partial charge >= 0.3 is 5.97 Å². The van der Waals surface area contributed by atoms with Crippen LogP contribution in [0.2, 0.25) is 0 Å². The molecule has 2 aromatic heterocycles. The fourth-order valence-electron chi connectivity index (χ4n) is 3.22. The molecule has 0 spiro atoms. The number of ketones is 1. The Bertz CT molecular complexity index is 1110. The van der Waals surface area contributed by atoms with Crippen LogP contribution < -0.4 is 0 Å². The van der Waals surface area contributed by atoms with E-state index in [9.17, 15) is 14.0 Å². The van der Waals surface area contributed by atoms with E-state index in [-0.39, 0.29) is 12.4 Å². The number of carbonyl (C=O) groups is 2. The van der Waals surface area contributed by atoms with Gasteiger partial charge < -0.3 is 14.3 Å². The summed E-state index contributed by atoms with van der Waals surface area (Å²) < 4.78 is 20.8. The van der Waals surface area contributed by atoms with E-state index in [0.29, 0.717) is 39.1 Å². The lowest BCUT2D eigenvalue weighted by molar-refractivity contribution is 0.0525. The largest absolute Gasteiger partial charge is 0.462 e. The van der Waals surface area contributed by atoms with E-state index >= 15 is 0 Å². The molecule has 1 atom stereocenters. The summed E-state index contributed by atoms with van der Waals surface area (Å²) in [5.74, 6) is -0.637. The number of aromatic amines is 1. The molecule has 0 saturated heterocycles. The average molecular weight is 431 g/mol. The number of ether oxygens (including phenoxy) is 1. The van der Waals surface area contributed by atoms with E-state index in [4.69, 9.17) is 4.74 Å². The van der Waals surface area contributed by atoms with Gasteiger partial charge in [0.15, 0.2) is 16.8 Å². The summed E-state index contributed by atoms with van der Waals surface area (Å²) in [5.41, 5.74) is 2.25. The number of esters is 1. The molecule has 158 valence electrons. The molecule has 1 unspecified atom stereocenters. The first kappa shape index (κ1) is 21.8. The van der Waals surface area contributed by atoms with Crippen molar-refractivity contribution >= 4 is 23.5 Å². The molecule has 30 heavy (non-hydrogen) atoms. The minimum atomic E-state index is -0.506. The minimum absolute atomic E-state index is 0.174. The molecular weight excluding hydrogens is 407 g/mol. The van der Waals surface area contributed by atoms with Crippen molar-refractivity contribution in [1.82, 2.24) is 19.7 Å². The smallest absolute Gasteiger partial charge is 0.340 e. The molecule has 0 aliphatic rings. The third-order valence-corrected chi connectivity index (χ3v) is 5.90. The molecule has 0 amide bonds. The molecule has 0 fully saturated rings. The number of halogens is 1. The van der Waals surface area contributed by atoms with Gasteiger partial charge in [0, 0.05) is 12.7 Å². The van der Waals surface area contributed by atoms with Crippen molar-refractivity contribution in [3.63, 3.8) is 0 Å². The molecule has 2 heterocycles. The monoisotopic (exact) mass is 430 g/mol. The summed E-state index contributed by atoms with van der Waals surface area (Å²) in [4.78, 5) is 28.2. The van der Waals surface area contributed by atoms with Crippen molar-refractivity contribution in [2.75, 3.05) is 6.61 Å². The second-order valence-corrected chi connectivity index (χ2v) is 8.12. The maximum absolute atomic E-state index is 14.1. The Kier molecular flexibility index (Phi) is 6.40. The number of aryl methyl sites for hydroxylation is 1. The number of benzene rings is 1. The maximum atomic E-state index is 14.1. The summed E-state index contributed by atoms with van der Waals surface area (Å²) in [6.45, 7) is 7.20. The maximum Gasteiger partial charge on any atom is 0.340 e. The zero-order valence-electron chi connectivity index (χ0n) is 17.4. The number of H-pyrrole nitrogens is 1. The van der Waals surface area contributed by atoms with Crippen LogP contribution in [0.3, 0.4) is 0 Å². The van der Waals surface area contributed by atoms with E-state index in [1.54, 1.807) is 57.5 Å². The normalized spacial score (nSPS) is 12.1. The number of Topliss-reactive ketones (excluding diaryl/α,β-unsaturated/α-hetero) is 1. The number of thioether (sulfide) groups is 1. The highest BCUT2D eigenvalue weighted by Crippen LogP contribution is 2.29. The third kappa shape index (κ3) is 4.02. The van der Waals surface area contributed by atoms with Crippen LogP contribution in [0.15, 0.2) is 29.4 Å². The molecule has 0 aliphatic heterocycles. The van der Waals surface area contributed by atoms with Crippen molar-refractivity contribution in [3.8, 4) is 11.4 Å². The third-order valence-electron chi connectivity index (χ3n) is 4.76. The van der Waals surface area contributed by atoms with E-state index in [0.717, 1.165) is 0 Å². The van der Waals surface area contributed by atoms with E-state index in [1.807, 2.05) is 0 Å². The zero-order chi connectivity index (χ0) is 22.0. The molecule has 0 radical (unpaired) electrons. The zero-order valence-corrected chi connectivity index (χ0v) is 18.3. The fourth-order valence-corrected chi connectivity index (χ4v) is 4.09. The number of nitrogens with zero attached hydrogens (tertiary/aromatic N) is 3. The predicted octanol–water partition coefficient (Wildman–Crippen LogP) is 4.11. The van der Waals surface area contributed by atoms with E-state index in [1.165, 1.54) is 17.8 Å². The first-order valence-corrected chi connectivity index (χ1v) is 10.4. The average Bonchev–Trinajstić information content (AvgIpc) is 3.21. The number of hydrogen-bond acceptors (Lipinski definition) is 6. The quantitative estimate of drug-likeness (QED) is 0.345. The molecular formula is C21H23FN4O3S. The van der Waals surface area contributed by atoms with Crippen molar-refractivity contribution in [1.29, 1.82) is 0 Å². The van der Waals surface area contributed by atoms with Crippen LogP contribution in [0.25, 0.3) is 11.4 Å². The van der Waals surface area contributed by atoms with Gasteiger partial charge in [0.05, 0.1) is 28.7 Å². The predicted molar refractivity (Wildman–Crippen MR) is 112 cm³/mol. The summed E-state index contributed by atoms with van der Waals surface area (Å²) >= 11 is 1.22. The Hall–Kier alpha value is -2.94. The van der Waals surface area contributed by atoms with Crippen LogP contribution >= 0.6 is 11.8 Å². The van der Waals surface area contributed by atoms with Crippen molar-refractivity contribution < 1.29 is 18.7 Å². The molecule has 1 aromatic carbocycles. The molecule has 1 N–H and O–H groups in total. The SMILES string of the molecule is CCOC(=O)c1c(C)[nH]c(C(=O)C(C)Sc2nnc(-c3ccccc3F)n2C)c1C. The topological polar surface area (TPSA) is 89.9 Å². The summed E-state index contributed by atoms with van der Waals surface area (Å²) in [6, 6.07) is 6.32. The van der Waals surface area contributed by atoms with Crippen molar-refractivity contribution in [2.45, 2.75) is 38.1 Å². The summed E-state index contributed by atoms with van der Waals surface area (Å²) in [5, 5.41) is 8.18. The van der Waals surface area contributed by atoms with Gasteiger partial charge in [0.1, 0.15) is 5.82 Å². The van der Waals surface area contributed by atoms with Gasteiger partial charge in [-0.25, -0.2) is 9.18 Å². The van der Waals surface area contributed by atoms with Crippen molar-refractivity contribution in [3.05, 3.63) is 52.6 Å². The first-order chi connectivity index (χ1) is 14.3. The van der Waals surface area contributed by atoms with Gasteiger partial charge in [-0.15, -0.1) is 10.2 Å². The molecule has 7 nitrogen and oxygen atoms in total. The molecule has 0 aliphatic carbocycles. The lowest BCUT2D eigenvalue weighted by Gasteiger charge is -2.10. The second-order valence-electron chi connectivity index (χ2n) is 6.81. The number of carbonyl (C=O) groups excluding carboxylic acids is 2. The highest BCUT2D eigenvalue weighted by Gasteiger charge is 2.27. The molecule has 0 bridgehead atoms. The Morgan fingerprint density at radius 1 is 1.27 bits per heavy atom. The van der Waals surface area contributed by atoms with Gasteiger partial charge in [-0.3, -0.25) is 4.79 Å². The summed E-state index contributed by atoms with van der Waals surface area (Å²) in [6.07, 6.45) is 0. The number of nitrogens with one attached hydrogen (secondary N) is 1. The molecule has 3 aromatic rings. The van der Waals surface area contributed by atoms with Crippen LogP contribution in [0, 0.1) is 19.7 Å². The number of aromatic nitrogens is 4. The van der Waals surface area contributed by atoms with Crippen LogP contribution in [0.1, 0.15) is 46.0 Å². The number of rotatable bonds is 7. The van der Waals surface area contributed by atoms with Crippen LogP contribution in [-0.4, -0.2) is 43.4 Å². The molecule has 3 rings (SSSR count). The van der Waals surface area contributed by atoms with Gasteiger partial charge in [0.25, 0.3) is 0 Å².